The first kappa shape index (κ1) is 18.6. The zero-order valence-corrected chi connectivity index (χ0v) is 14.6. The Morgan fingerprint density at radius 2 is 1.72 bits per heavy atom. The molecule has 0 radical (unpaired) electrons. The summed E-state index contributed by atoms with van der Waals surface area (Å²) in [6, 6.07) is 13.2. The van der Waals surface area contributed by atoms with E-state index in [1.165, 1.54) is 7.11 Å². The number of ether oxygens (including phenoxy) is 2. The fourth-order valence-corrected chi connectivity index (χ4v) is 2.00. The highest BCUT2D eigenvalue weighted by Crippen LogP contribution is 2.21. The molecule has 0 aliphatic carbocycles. The van der Waals surface area contributed by atoms with Crippen molar-refractivity contribution in [3.05, 3.63) is 64.3 Å². The maximum atomic E-state index is 11.4. The Labute approximate surface area is 154 Å². The number of aliphatic carboxylic acids is 1. The largest absolute Gasteiger partial charge is 0.497 e. The van der Waals surface area contributed by atoms with Gasteiger partial charge in [0.2, 0.25) is 5.76 Å². The van der Waals surface area contributed by atoms with Crippen LogP contribution < -0.4 is 14.9 Å². The maximum Gasteiger partial charge on any atom is 0.373 e. The molecular weight excluding hydrogens is 367 g/mol. The number of carboxylic acids is 1. The molecule has 2 aromatic carbocycles. The summed E-state index contributed by atoms with van der Waals surface area (Å²) in [5, 5.41) is 13.6. The molecule has 0 atom stereocenters. The smallest absolute Gasteiger partial charge is 0.373 e. The number of anilines is 1. The van der Waals surface area contributed by atoms with Crippen LogP contribution in [-0.4, -0.2) is 24.4 Å². The summed E-state index contributed by atoms with van der Waals surface area (Å²) < 4.78 is 10.3. The van der Waals surface area contributed by atoms with Crippen LogP contribution in [0.1, 0.15) is 0 Å². The minimum Gasteiger partial charge on any atom is -0.497 e. The molecule has 0 bridgehead atoms. The molecule has 130 valence electrons. The molecule has 6 nitrogen and oxygen atoms in total. The van der Waals surface area contributed by atoms with Crippen molar-refractivity contribution < 1.29 is 19.4 Å². The van der Waals surface area contributed by atoms with Crippen LogP contribution in [0.15, 0.2) is 64.4 Å². The number of allylic oxidation sites excluding steroid dienone is 1. The quantitative estimate of drug-likeness (QED) is 0.322. The van der Waals surface area contributed by atoms with Crippen molar-refractivity contribution in [2.75, 3.05) is 12.5 Å². The molecule has 0 amide bonds. The number of carboxylic acid groups (broad SMARTS) is 1. The second-order valence-corrected chi connectivity index (χ2v) is 5.48. The van der Waals surface area contributed by atoms with Gasteiger partial charge in [0.25, 0.3) is 0 Å². The third kappa shape index (κ3) is 5.70. The molecule has 2 N–H and O–H groups in total. The van der Waals surface area contributed by atoms with Gasteiger partial charge in [-0.15, -0.1) is 0 Å². The zero-order chi connectivity index (χ0) is 18.2. The van der Waals surface area contributed by atoms with Crippen molar-refractivity contribution in [3.8, 4) is 11.5 Å². The molecule has 2 aromatic rings. The fourth-order valence-electron chi connectivity index (χ4n) is 1.70. The van der Waals surface area contributed by atoms with E-state index < -0.39 is 11.7 Å². The normalized spacial score (nSPS) is 11.8. The first-order valence-electron chi connectivity index (χ1n) is 6.99. The van der Waals surface area contributed by atoms with Gasteiger partial charge in [0.05, 0.1) is 19.0 Å². The van der Waals surface area contributed by atoms with Gasteiger partial charge in [0, 0.05) is 5.02 Å². The topological polar surface area (TPSA) is 80.2 Å². The Balaban J connectivity index is 2.10. The van der Waals surface area contributed by atoms with Gasteiger partial charge in [-0.1, -0.05) is 23.2 Å². The van der Waals surface area contributed by atoms with Crippen LogP contribution in [0.5, 0.6) is 11.5 Å². The highest BCUT2D eigenvalue weighted by atomic mass is 35.5. The van der Waals surface area contributed by atoms with E-state index in [-0.39, 0.29) is 5.03 Å². The van der Waals surface area contributed by atoms with Crippen molar-refractivity contribution in [2.24, 2.45) is 5.10 Å². The van der Waals surface area contributed by atoms with Gasteiger partial charge in [-0.3, -0.25) is 5.43 Å². The van der Waals surface area contributed by atoms with E-state index in [1.54, 1.807) is 48.5 Å². The number of hydrazone groups is 1. The molecule has 0 aliphatic heterocycles. The van der Waals surface area contributed by atoms with Gasteiger partial charge in [-0.2, -0.15) is 5.10 Å². The molecule has 0 saturated carbocycles. The van der Waals surface area contributed by atoms with Crippen molar-refractivity contribution >= 4 is 41.1 Å². The maximum absolute atomic E-state index is 11.4. The first-order chi connectivity index (χ1) is 12.0. The lowest BCUT2D eigenvalue weighted by molar-refractivity contribution is -0.135. The molecule has 0 saturated heterocycles. The summed E-state index contributed by atoms with van der Waals surface area (Å²) in [7, 11) is 1.53. The zero-order valence-electron chi connectivity index (χ0n) is 13.1. The Morgan fingerprint density at radius 3 is 2.28 bits per heavy atom. The van der Waals surface area contributed by atoms with Crippen LogP contribution >= 0.6 is 23.2 Å². The van der Waals surface area contributed by atoms with E-state index in [9.17, 15) is 9.90 Å². The van der Waals surface area contributed by atoms with Crippen LogP contribution in [0.4, 0.5) is 5.69 Å². The number of nitrogens with one attached hydrogen (secondary N) is 1. The molecule has 2 rings (SSSR count). The average Bonchev–Trinajstić information content (AvgIpc) is 2.61. The van der Waals surface area contributed by atoms with Crippen molar-refractivity contribution in [1.82, 2.24) is 0 Å². The van der Waals surface area contributed by atoms with Gasteiger partial charge >= 0.3 is 5.97 Å². The van der Waals surface area contributed by atoms with Gasteiger partial charge in [0.1, 0.15) is 16.5 Å². The van der Waals surface area contributed by atoms with Gasteiger partial charge in [0.15, 0.2) is 0 Å². The molecule has 0 aliphatic rings. The average molecular weight is 381 g/mol. The SMILES string of the molecule is COc1ccc(O/C(C(=O)O)=C(\Cl)C=NNc2ccc(Cl)cc2)cc1. The number of nitrogens with zero attached hydrogens (tertiary/aromatic N) is 1. The van der Waals surface area contributed by atoms with E-state index in [4.69, 9.17) is 32.7 Å². The molecule has 8 heteroatoms. The summed E-state index contributed by atoms with van der Waals surface area (Å²) in [6.07, 6.45) is 1.14. The predicted octanol–water partition coefficient (Wildman–Crippen LogP) is 4.36. The van der Waals surface area contributed by atoms with Crippen molar-refractivity contribution in [2.45, 2.75) is 0 Å². The van der Waals surface area contributed by atoms with Gasteiger partial charge < -0.3 is 14.6 Å². The molecule has 0 heterocycles. The minimum atomic E-state index is -1.32. The number of carbonyl (C=O) groups is 1. The Hall–Kier alpha value is -2.70. The monoisotopic (exact) mass is 380 g/mol. The lowest BCUT2D eigenvalue weighted by Gasteiger charge is -2.08. The first-order valence-corrected chi connectivity index (χ1v) is 7.75. The Kier molecular flexibility index (Phi) is 6.68. The van der Waals surface area contributed by atoms with Crippen molar-refractivity contribution in [1.29, 1.82) is 0 Å². The van der Waals surface area contributed by atoms with E-state index in [2.05, 4.69) is 10.5 Å². The predicted molar refractivity (Wildman–Crippen MR) is 97.7 cm³/mol. The summed E-state index contributed by atoms with van der Waals surface area (Å²) in [6.45, 7) is 0. The van der Waals surface area contributed by atoms with E-state index >= 15 is 0 Å². The number of hydrogen-bond donors (Lipinski definition) is 2. The second kappa shape index (κ2) is 8.96. The number of halogens is 2. The van der Waals surface area contributed by atoms with Crippen LogP contribution in [0.2, 0.25) is 5.02 Å². The van der Waals surface area contributed by atoms with Crippen LogP contribution in [0, 0.1) is 0 Å². The number of methoxy groups -OCH3 is 1. The van der Waals surface area contributed by atoms with E-state index in [0.29, 0.717) is 22.2 Å². The third-order valence-corrected chi connectivity index (χ3v) is 3.43. The molecule has 0 spiro atoms. The van der Waals surface area contributed by atoms with Gasteiger partial charge in [-0.05, 0) is 48.5 Å². The van der Waals surface area contributed by atoms with Crippen molar-refractivity contribution in [3.63, 3.8) is 0 Å². The highest BCUT2D eigenvalue weighted by molar-refractivity contribution is 6.41. The third-order valence-electron chi connectivity index (χ3n) is 2.91. The Bertz CT molecular complexity index is 787. The van der Waals surface area contributed by atoms with Crippen LogP contribution in [0.3, 0.4) is 0 Å². The molecule has 0 aromatic heterocycles. The lowest BCUT2D eigenvalue weighted by atomic mass is 10.3. The molecular formula is C17H14Cl2N2O4. The molecule has 0 unspecified atom stereocenters. The summed E-state index contributed by atoms with van der Waals surface area (Å²) in [5.41, 5.74) is 3.37. The summed E-state index contributed by atoms with van der Waals surface area (Å²) >= 11 is 11.8. The summed E-state index contributed by atoms with van der Waals surface area (Å²) in [5.74, 6) is -0.851. The number of hydrogen-bond acceptors (Lipinski definition) is 5. The highest BCUT2D eigenvalue weighted by Gasteiger charge is 2.15. The fraction of sp³-hybridized carbons (Fsp3) is 0.0588. The Morgan fingerprint density at radius 1 is 1.12 bits per heavy atom. The number of benzene rings is 2. The number of rotatable bonds is 7. The minimum absolute atomic E-state index is 0.176. The van der Waals surface area contributed by atoms with E-state index in [0.717, 1.165) is 6.21 Å². The van der Waals surface area contributed by atoms with E-state index in [1.807, 2.05) is 0 Å². The standard InChI is InChI=1S/C17H14Cl2N2O4/c1-24-13-6-8-14(9-7-13)25-16(17(22)23)15(19)10-20-21-12-4-2-11(18)3-5-12/h2-10,21H,1H3,(H,22,23)/b16-15-,20-10?. The molecule has 0 fully saturated rings. The van der Waals surface area contributed by atoms with Crippen LogP contribution in [-0.2, 0) is 4.79 Å². The summed E-state index contributed by atoms with van der Waals surface area (Å²) in [4.78, 5) is 11.4. The van der Waals surface area contributed by atoms with Crippen LogP contribution in [0.25, 0.3) is 0 Å². The molecule has 25 heavy (non-hydrogen) atoms. The lowest BCUT2D eigenvalue weighted by Crippen LogP contribution is -2.10. The van der Waals surface area contributed by atoms with Gasteiger partial charge in [-0.25, -0.2) is 4.79 Å². The second-order valence-electron chi connectivity index (χ2n) is 4.64.